The van der Waals surface area contributed by atoms with Crippen molar-refractivity contribution in [1.29, 1.82) is 0 Å². The Morgan fingerprint density at radius 2 is 1.95 bits per heavy atom. The molecule has 0 saturated carbocycles. The molecule has 0 radical (unpaired) electrons. The highest BCUT2D eigenvalue weighted by Crippen LogP contribution is 2.42. The van der Waals surface area contributed by atoms with Gasteiger partial charge in [0.2, 0.25) is 0 Å². The molecule has 0 spiro atoms. The van der Waals surface area contributed by atoms with E-state index in [-0.39, 0.29) is 11.7 Å². The van der Waals surface area contributed by atoms with Gasteiger partial charge in [0.15, 0.2) is 5.60 Å². The predicted molar refractivity (Wildman–Crippen MR) is 87.6 cm³/mol. The van der Waals surface area contributed by atoms with E-state index in [2.05, 4.69) is 4.90 Å². The topological polar surface area (TPSA) is 53.0 Å². The van der Waals surface area contributed by atoms with Gasteiger partial charge in [0.25, 0.3) is 5.91 Å². The molecule has 0 aromatic heterocycles. The molecule has 1 aliphatic rings. The van der Waals surface area contributed by atoms with Gasteiger partial charge in [-0.05, 0) is 52.0 Å². The van der Waals surface area contributed by atoms with Gasteiger partial charge in [-0.3, -0.25) is 4.79 Å². The molecule has 1 aliphatic heterocycles. The molecule has 0 fully saturated rings. The van der Waals surface area contributed by atoms with Crippen LogP contribution in [0.1, 0.15) is 33.1 Å². The van der Waals surface area contributed by atoms with Crippen LogP contribution in [0, 0.1) is 0 Å². The van der Waals surface area contributed by atoms with E-state index in [9.17, 15) is 9.90 Å². The van der Waals surface area contributed by atoms with Crippen LogP contribution in [-0.4, -0.2) is 48.7 Å². The second kappa shape index (κ2) is 6.57. The molecule has 5 heteroatoms. The van der Waals surface area contributed by atoms with E-state index in [0.29, 0.717) is 25.1 Å². The average Bonchev–Trinajstić information content (AvgIpc) is 2.49. The number of carbonyl (C=O) groups is 1. The quantitative estimate of drug-likeness (QED) is 0.878. The van der Waals surface area contributed by atoms with Gasteiger partial charge in [-0.1, -0.05) is 13.8 Å². The van der Waals surface area contributed by atoms with Gasteiger partial charge in [0.05, 0.1) is 5.69 Å². The van der Waals surface area contributed by atoms with Crippen LogP contribution in [0.3, 0.4) is 0 Å². The minimum atomic E-state index is -0.821. The van der Waals surface area contributed by atoms with Gasteiger partial charge >= 0.3 is 0 Å². The highest BCUT2D eigenvalue weighted by Gasteiger charge is 2.45. The lowest BCUT2D eigenvalue weighted by molar-refractivity contribution is -0.136. The smallest absolute Gasteiger partial charge is 0.271 e. The maximum Gasteiger partial charge on any atom is 0.271 e. The largest absolute Gasteiger partial charge is 0.508 e. The van der Waals surface area contributed by atoms with E-state index in [1.165, 1.54) is 0 Å². The minimum absolute atomic E-state index is 0.0226. The molecule has 0 aliphatic carbocycles. The van der Waals surface area contributed by atoms with Crippen LogP contribution in [0.15, 0.2) is 18.2 Å². The third-order valence-corrected chi connectivity index (χ3v) is 4.30. The number of nitrogens with zero attached hydrogens (tertiary/aromatic N) is 2. The summed E-state index contributed by atoms with van der Waals surface area (Å²) in [5.74, 6) is 0.769. The Bertz CT molecular complexity index is 539. The predicted octanol–water partition coefficient (Wildman–Crippen LogP) is 2.63. The Morgan fingerprint density at radius 3 is 2.55 bits per heavy atom. The summed E-state index contributed by atoms with van der Waals surface area (Å²) in [7, 11) is 4.05. The first kappa shape index (κ1) is 16.6. The van der Waals surface area contributed by atoms with Crippen LogP contribution in [0.4, 0.5) is 5.69 Å². The van der Waals surface area contributed by atoms with E-state index >= 15 is 0 Å². The Labute approximate surface area is 132 Å². The highest BCUT2D eigenvalue weighted by atomic mass is 16.5. The van der Waals surface area contributed by atoms with Gasteiger partial charge in [-0.25, -0.2) is 0 Å². The molecule has 5 nitrogen and oxygen atoms in total. The fourth-order valence-corrected chi connectivity index (χ4v) is 2.88. The summed E-state index contributed by atoms with van der Waals surface area (Å²) in [6.45, 7) is 5.50. The van der Waals surface area contributed by atoms with Crippen molar-refractivity contribution >= 4 is 11.6 Å². The van der Waals surface area contributed by atoms with Gasteiger partial charge < -0.3 is 19.6 Å². The van der Waals surface area contributed by atoms with Crippen molar-refractivity contribution in [2.45, 2.75) is 38.7 Å². The number of amides is 1. The number of phenols is 1. The molecule has 0 unspecified atom stereocenters. The number of anilines is 1. The number of hydrogen-bond donors (Lipinski definition) is 1. The third-order valence-electron chi connectivity index (χ3n) is 4.30. The second-order valence-corrected chi connectivity index (χ2v) is 6.07. The lowest BCUT2D eigenvalue weighted by Crippen LogP contribution is -2.56. The fraction of sp³-hybridized carbons (Fsp3) is 0.588. The number of benzene rings is 1. The number of rotatable bonds is 6. The van der Waals surface area contributed by atoms with Crippen LogP contribution in [-0.2, 0) is 4.79 Å². The Morgan fingerprint density at radius 1 is 1.27 bits per heavy atom. The summed E-state index contributed by atoms with van der Waals surface area (Å²) in [6.07, 6.45) is 2.12. The lowest BCUT2D eigenvalue weighted by Gasteiger charge is -2.42. The zero-order valence-corrected chi connectivity index (χ0v) is 13.9. The summed E-state index contributed by atoms with van der Waals surface area (Å²) in [5.41, 5.74) is -0.0714. The molecule has 1 N–H and O–H groups in total. The molecular weight excluding hydrogens is 280 g/mol. The van der Waals surface area contributed by atoms with Crippen molar-refractivity contribution < 1.29 is 14.6 Å². The monoisotopic (exact) mass is 306 g/mol. The standard InChI is InChI=1S/C17H26N2O3/c1-5-17(6-2)16(21)19(11-7-10-18(3)4)14-9-8-13(20)12-15(14)22-17/h8-9,12,20H,5-7,10-11H2,1-4H3. The summed E-state index contributed by atoms with van der Waals surface area (Å²) < 4.78 is 6.01. The van der Waals surface area contributed by atoms with Crippen LogP contribution in [0.25, 0.3) is 0 Å². The Hall–Kier alpha value is -1.75. The number of hydrogen-bond acceptors (Lipinski definition) is 4. The molecule has 1 amide bonds. The second-order valence-electron chi connectivity index (χ2n) is 6.07. The van der Waals surface area contributed by atoms with Crippen LogP contribution >= 0.6 is 0 Å². The molecule has 2 rings (SSSR count). The maximum atomic E-state index is 13.0. The van der Waals surface area contributed by atoms with Gasteiger partial charge in [-0.15, -0.1) is 0 Å². The van der Waals surface area contributed by atoms with Gasteiger partial charge in [-0.2, -0.15) is 0 Å². The molecule has 0 atom stereocenters. The summed E-state index contributed by atoms with van der Waals surface area (Å²) in [4.78, 5) is 16.9. The number of fused-ring (bicyclic) bond motifs is 1. The highest BCUT2D eigenvalue weighted by molar-refractivity contribution is 6.02. The molecule has 1 heterocycles. The number of aromatic hydroxyl groups is 1. The SMILES string of the molecule is CCC1(CC)Oc2cc(O)ccc2N(CCCN(C)C)C1=O. The van der Waals surface area contributed by atoms with Crippen molar-refractivity contribution in [3.05, 3.63) is 18.2 Å². The van der Waals surface area contributed by atoms with Crippen molar-refractivity contribution in [3.8, 4) is 11.5 Å². The molecular formula is C17H26N2O3. The number of ether oxygens (including phenoxy) is 1. The van der Waals surface area contributed by atoms with Crippen LogP contribution < -0.4 is 9.64 Å². The van der Waals surface area contributed by atoms with Gasteiger partial charge in [0, 0.05) is 12.6 Å². The fourth-order valence-electron chi connectivity index (χ4n) is 2.88. The van der Waals surface area contributed by atoms with Crippen molar-refractivity contribution in [2.75, 3.05) is 32.1 Å². The molecule has 1 aromatic rings. The molecule has 1 aromatic carbocycles. The summed E-state index contributed by atoms with van der Waals surface area (Å²) in [6, 6.07) is 4.95. The number of carbonyl (C=O) groups excluding carboxylic acids is 1. The summed E-state index contributed by atoms with van der Waals surface area (Å²) in [5, 5.41) is 9.71. The lowest BCUT2D eigenvalue weighted by atomic mass is 9.92. The van der Waals surface area contributed by atoms with Crippen LogP contribution in [0.5, 0.6) is 11.5 Å². The van der Waals surface area contributed by atoms with E-state index in [1.54, 1.807) is 18.2 Å². The normalized spacial score (nSPS) is 16.6. The third kappa shape index (κ3) is 3.04. The first-order valence-corrected chi connectivity index (χ1v) is 7.92. The van der Waals surface area contributed by atoms with Crippen molar-refractivity contribution in [2.24, 2.45) is 0 Å². The van der Waals surface area contributed by atoms with Crippen molar-refractivity contribution in [3.63, 3.8) is 0 Å². The molecule has 22 heavy (non-hydrogen) atoms. The Kier molecular flexibility index (Phi) is 4.96. The first-order chi connectivity index (χ1) is 10.4. The maximum absolute atomic E-state index is 13.0. The molecule has 122 valence electrons. The molecule has 0 bridgehead atoms. The zero-order chi connectivity index (χ0) is 16.3. The van der Waals surface area contributed by atoms with E-state index < -0.39 is 5.60 Å². The minimum Gasteiger partial charge on any atom is -0.508 e. The van der Waals surface area contributed by atoms with Crippen molar-refractivity contribution in [1.82, 2.24) is 4.90 Å². The van der Waals surface area contributed by atoms with E-state index in [4.69, 9.17) is 4.74 Å². The van der Waals surface area contributed by atoms with E-state index in [0.717, 1.165) is 18.7 Å². The average molecular weight is 306 g/mol. The van der Waals surface area contributed by atoms with Gasteiger partial charge in [0.1, 0.15) is 11.5 Å². The number of phenolic OH excluding ortho intramolecular Hbond substituents is 1. The van der Waals surface area contributed by atoms with E-state index in [1.807, 2.05) is 32.8 Å². The molecule has 0 saturated heterocycles. The first-order valence-electron chi connectivity index (χ1n) is 7.92. The Balaban J connectivity index is 2.34. The zero-order valence-electron chi connectivity index (χ0n) is 13.9. The van der Waals surface area contributed by atoms with Crippen LogP contribution in [0.2, 0.25) is 0 Å². The summed E-state index contributed by atoms with van der Waals surface area (Å²) >= 11 is 0.